The Morgan fingerprint density at radius 2 is 1.14 bits per heavy atom. The van der Waals surface area contributed by atoms with Crippen molar-refractivity contribution in [3.8, 4) is 0 Å². The minimum atomic E-state index is -2.61. The highest BCUT2D eigenvalue weighted by Gasteiger charge is 2.46. The van der Waals surface area contributed by atoms with Crippen molar-refractivity contribution in [1.29, 1.82) is 0 Å². The summed E-state index contributed by atoms with van der Waals surface area (Å²) in [6.45, 7) is 2.11. The molecule has 0 aromatic heterocycles. The van der Waals surface area contributed by atoms with E-state index in [0.717, 1.165) is 26.2 Å². The van der Waals surface area contributed by atoms with Gasteiger partial charge in [-0.15, -0.1) is 0 Å². The van der Waals surface area contributed by atoms with E-state index in [1.807, 2.05) is 0 Å². The monoisotopic (exact) mass is 414 g/mol. The first-order valence-electron chi connectivity index (χ1n) is 11.4. The SMILES string of the molecule is CCCCCCCCCCCCCCCCC(C(=O)O)C(=O)C(O)(CO)C(C)=O. The molecule has 6 nitrogen and oxygen atoms in total. The number of hydrogen-bond acceptors (Lipinski definition) is 5. The Balaban J connectivity index is 3.87. The number of ketones is 2. The van der Waals surface area contributed by atoms with E-state index >= 15 is 0 Å². The molecule has 2 unspecified atom stereocenters. The lowest BCUT2D eigenvalue weighted by Crippen LogP contribution is -2.53. The van der Waals surface area contributed by atoms with Gasteiger partial charge in [0.2, 0.25) is 5.60 Å². The van der Waals surface area contributed by atoms with Gasteiger partial charge in [0, 0.05) is 0 Å². The van der Waals surface area contributed by atoms with Crippen LogP contribution in [-0.4, -0.2) is 45.1 Å². The van der Waals surface area contributed by atoms with Crippen molar-refractivity contribution in [2.75, 3.05) is 6.61 Å². The molecule has 0 saturated heterocycles. The Bertz CT molecular complexity index is 476. The highest BCUT2D eigenvalue weighted by molar-refractivity contribution is 6.15. The molecular weight excluding hydrogens is 372 g/mol. The Kier molecular flexibility index (Phi) is 15.8. The van der Waals surface area contributed by atoms with Crippen LogP contribution in [0.5, 0.6) is 0 Å². The van der Waals surface area contributed by atoms with Gasteiger partial charge in [0.15, 0.2) is 11.6 Å². The maximum absolute atomic E-state index is 12.2. The average Bonchev–Trinajstić information content (AvgIpc) is 2.69. The molecule has 0 fully saturated rings. The van der Waals surface area contributed by atoms with E-state index in [1.165, 1.54) is 64.2 Å². The van der Waals surface area contributed by atoms with Gasteiger partial charge in [-0.3, -0.25) is 14.4 Å². The van der Waals surface area contributed by atoms with Gasteiger partial charge in [0.05, 0.1) is 6.61 Å². The summed E-state index contributed by atoms with van der Waals surface area (Å²) in [4.78, 5) is 35.0. The number of rotatable bonds is 20. The number of hydrogen-bond donors (Lipinski definition) is 3. The molecule has 0 aliphatic carbocycles. The molecule has 0 aromatic carbocycles. The van der Waals surface area contributed by atoms with Crippen LogP contribution in [-0.2, 0) is 14.4 Å². The summed E-state index contributed by atoms with van der Waals surface area (Å²) < 4.78 is 0. The largest absolute Gasteiger partial charge is 0.481 e. The molecule has 0 spiro atoms. The van der Waals surface area contributed by atoms with Gasteiger partial charge in [-0.1, -0.05) is 96.8 Å². The van der Waals surface area contributed by atoms with Crippen LogP contribution in [0.1, 0.15) is 110 Å². The molecule has 6 heteroatoms. The maximum Gasteiger partial charge on any atom is 0.314 e. The maximum atomic E-state index is 12.2. The zero-order valence-corrected chi connectivity index (χ0v) is 18.5. The van der Waals surface area contributed by atoms with Crippen LogP contribution in [0.15, 0.2) is 0 Å². The first kappa shape index (κ1) is 27.7. The smallest absolute Gasteiger partial charge is 0.314 e. The van der Waals surface area contributed by atoms with Crippen molar-refractivity contribution >= 4 is 17.5 Å². The van der Waals surface area contributed by atoms with E-state index < -0.39 is 35.7 Å². The molecule has 0 radical (unpaired) electrons. The number of carboxylic acid groups (broad SMARTS) is 1. The number of unbranched alkanes of at least 4 members (excludes halogenated alkanes) is 13. The molecule has 29 heavy (non-hydrogen) atoms. The van der Waals surface area contributed by atoms with Crippen LogP contribution in [0.25, 0.3) is 0 Å². The molecular formula is C23H42O6. The first-order valence-corrected chi connectivity index (χ1v) is 11.4. The fourth-order valence-electron chi connectivity index (χ4n) is 3.56. The molecule has 0 heterocycles. The third-order valence-corrected chi connectivity index (χ3v) is 5.68. The second-order valence-electron chi connectivity index (χ2n) is 8.21. The minimum absolute atomic E-state index is 0.0712. The fraction of sp³-hybridized carbons (Fsp3) is 0.870. The highest BCUT2D eigenvalue weighted by Crippen LogP contribution is 2.21. The summed E-state index contributed by atoms with van der Waals surface area (Å²) in [6, 6.07) is 0. The molecule has 0 bridgehead atoms. The molecule has 0 aliphatic rings. The molecule has 0 amide bonds. The zero-order valence-electron chi connectivity index (χ0n) is 18.5. The van der Waals surface area contributed by atoms with Crippen molar-refractivity contribution in [1.82, 2.24) is 0 Å². The Morgan fingerprint density at radius 1 is 0.759 bits per heavy atom. The predicted octanol–water partition coefficient (Wildman–Crippen LogP) is 4.44. The van der Waals surface area contributed by atoms with Crippen LogP contribution in [0, 0.1) is 5.92 Å². The Hall–Kier alpha value is -1.27. The summed E-state index contributed by atoms with van der Waals surface area (Å²) in [5.41, 5.74) is -2.61. The minimum Gasteiger partial charge on any atom is -0.481 e. The number of carbonyl (C=O) groups excluding carboxylic acids is 2. The van der Waals surface area contributed by atoms with Gasteiger partial charge in [-0.05, 0) is 13.3 Å². The van der Waals surface area contributed by atoms with Crippen molar-refractivity contribution in [3.63, 3.8) is 0 Å². The number of aliphatic carboxylic acids is 1. The Morgan fingerprint density at radius 3 is 1.45 bits per heavy atom. The van der Waals surface area contributed by atoms with Gasteiger partial charge in [0.1, 0.15) is 5.92 Å². The lowest BCUT2D eigenvalue weighted by molar-refractivity contribution is -0.161. The molecule has 3 N–H and O–H groups in total. The normalized spacial score (nSPS) is 14.3. The van der Waals surface area contributed by atoms with Crippen LogP contribution in [0.4, 0.5) is 0 Å². The lowest BCUT2D eigenvalue weighted by Gasteiger charge is -2.24. The van der Waals surface area contributed by atoms with Crippen molar-refractivity contribution < 1.29 is 29.7 Å². The van der Waals surface area contributed by atoms with Crippen molar-refractivity contribution in [2.24, 2.45) is 5.92 Å². The van der Waals surface area contributed by atoms with Gasteiger partial charge < -0.3 is 15.3 Å². The number of aliphatic hydroxyl groups is 2. The average molecular weight is 415 g/mol. The number of Topliss-reactive ketones (excluding diaryl/α,β-unsaturated/α-hetero) is 2. The van der Waals surface area contributed by atoms with E-state index in [-0.39, 0.29) is 6.42 Å². The summed E-state index contributed by atoms with van der Waals surface area (Å²) >= 11 is 0. The van der Waals surface area contributed by atoms with Crippen LogP contribution in [0.2, 0.25) is 0 Å². The molecule has 170 valence electrons. The van der Waals surface area contributed by atoms with Crippen LogP contribution in [0.3, 0.4) is 0 Å². The topological polar surface area (TPSA) is 112 Å². The molecule has 0 saturated carbocycles. The molecule has 0 aliphatic heterocycles. The highest BCUT2D eigenvalue weighted by atomic mass is 16.4. The van der Waals surface area contributed by atoms with Gasteiger partial charge in [-0.25, -0.2) is 0 Å². The van der Waals surface area contributed by atoms with Crippen LogP contribution >= 0.6 is 0 Å². The fourth-order valence-corrected chi connectivity index (χ4v) is 3.56. The molecule has 2 atom stereocenters. The summed E-state index contributed by atoms with van der Waals surface area (Å²) in [7, 11) is 0. The summed E-state index contributed by atoms with van der Waals surface area (Å²) in [6.07, 6.45) is 16.5. The van der Waals surface area contributed by atoms with E-state index in [9.17, 15) is 24.6 Å². The van der Waals surface area contributed by atoms with Crippen LogP contribution < -0.4 is 0 Å². The number of aliphatic hydroxyl groups excluding tert-OH is 1. The zero-order chi connectivity index (χ0) is 22.1. The van der Waals surface area contributed by atoms with E-state index in [2.05, 4.69) is 6.92 Å². The second kappa shape index (κ2) is 16.5. The van der Waals surface area contributed by atoms with Gasteiger partial charge in [-0.2, -0.15) is 0 Å². The standard InChI is InChI=1S/C23H42O6/c1-3-4-5-6-7-8-9-10-11-12-13-14-15-16-17-20(22(27)28)21(26)23(29,18-24)19(2)25/h20,24,29H,3-18H2,1-2H3,(H,27,28). The van der Waals surface area contributed by atoms with Crippen molar-refractivity contribution in [3.05, 3.63) is 0 Å². The summed E-state index contributed by atoms with van der Waals surface area (Å²) in [5, 5.41) is 28.4. The molecule has 0 aromatic rings. The van der Waals surface area contributed by atoms with Gasteiger partial charge in [0.25, 0.3) is 0 Å². The Labute approximate surface area is 176 Å². The third kappa shape index (κ3) is 11.5. The van der Waals surface area contributed by atoms with E-state index in [1.54, 1.807) is 0 Å². The van der Waals surface area contributed by atoms with E-state index in [0.29, 0.717) is 6.42 Å². The molecule has 0 rings (SSSR count). The quantitative estimate of drug-likeness (QED) is 0.201. The van der Waals surface area contributed by atoms with Gasteiger partial charge >= 0.3 is 5.97 Å². The second-order valence-corrected chi connectivity index (χ2v) is 8.21. The first-order chi connectivity index (χ1) is 13.8. The summed E-state index contributed by atoms with van der Waals surface area (Å²) in [5.74, 6) is -4.88. The predicted molar refractivity (Wildman–Crippen MR) is 114 cm³/mol. The lowest BCUT2D eigenvalue weighted by atomic mass is 9.83. The van der Waals surface area contributed by atoms with E-state index in [4.69, 9.17) is 5.11 Å². The number of carboxylic acids is 1. The number of carbonyl (C=O) groups is 3. The van der Waals surface area contributed by atoms with Crippen molar-refractivity contribution in [2.45, 2.75) is 116 Å². The third-order valence-electron chi connectivity index (χ3n) is 5.68.